The summed E-state index contributed by atoms with van der Waals surface area (Å²) in [7, 11) is 0. The van der Waals surface area contributed by atoms with Gasteiger partial charge in [-0.25, -0.2) is 0 Å². The third kappa shape index (κ3) is 2.26. The lowest BCUT2D eigenvalue weighted by molar-refractivity contribution is 0.605. The lowest BCUT2D eigenvalue weighted by Gasteiger charge is -2.22. The van der Waals surface area contributed by atoms with Gasteiger partial charge >= 0.3 is 0 Å². The van der Waals surface area contributed by atoms with Gasteiger partial charge in [0, 0.05) is 10.1 Å². The van der Waals surface area contributed by atoms with Crippen LogP contribution in [0.4, 0.5) is 5.69 Å². The van der Waals surface area contributed by atoms with Gasteiger partial charge in [0.1, 0.15) is 5.54 Å². The Hall–Kier alpha value is -1.61. The van der Waals surface area contributed by atoms with E-state index in [1.807, 2.05) is 17.8 Å². The van der Waals surface area contributed by atoms with Crippen molar-refractivity contribution < 1.29 is 0 Å². The maximum absolute atomic E-state index is 6.94. The molecule has 0 spiro atoms. The van der Waals surface area contributed by atoms with E-state index in [4.69, 9.17) is 23.2 Å². The minimum atomic E-state index is -0.946. The highest BCUT2D eigenvalue weighted by atomic mass is 35.5. The molecule has 0 saturated carbocycles. The molecular weight excluding hydrogens is 381 g/mol. The first kappa shape index (κ1) is 16.6. The summed E-state index contributed by atoms with van der Waals surface area (Å²) in [6, 6.07) is 29.5. The summed E-state index contributed by atoms with van der Waals surface area (Å²) in [4.78, 5) is 3.41. The molecule has 0 aromatic heterocycles. The van der Waals surface area contributed by atoms with Gasteiger partial charge in [-0.2, -0.15) is 0 Å². The first-order valence-corrected chi connectivity index (χ1v) is 10.3. The normalized spacial score (nSPS) is 25.8. The molecule has 2 heterocycles. The summed E-state index contributed by atoms with van der Waals surface area (Å²) in [5.74, 6) is 0. The minimum absolute atomic E-state index is 0.280. The zero-order valence-electron chi connectivity index (χ0n) is 14.0. The molecule has 1 nitrogen and oxygen atoms in total. The Balaban J connectivity index is 1.71. The fourth-order valence-corrected chi connectivity index (χ4v) is 6.40. The summed E-state index contributed by atoms with van der Waals surface area (Å²) in [6.07, 6.45) is 0.855. The van der Waals surface area contributed by atoms with Gasteiger partial charge in [-0.1, -0.05) is 96.0 Å². The zero-order valence-corrected chi connectivity index (χ0v) is 16.3. The fraction of sp³-hybridized carbons (Fsp3) is 0.182. The van der Waals surface area contributed by atoms with Crippen molar-refractivity contribution in [3.05, 3.63) is 96.1 Å². The van der Waals surface area contributed by atoms with Gasteiger partial charge in [-0.05, 0) is 29.7 Å². The van der Waals surface area contributed by atoms with E-state index in [1.165, 1.54) is 16.0 Å². The molecule has 26 heavy (non-hydrogen) atoms. The van der Waals surface area contributed by atoms with Gasteiger partial charge in [0.05, 0.1) is 5.69 Å². The van der Waals surface area contributed by atoms with Crippen LogP contribution in [0.25, 0.3) is 0 Å². The molecule has 0 N–H and O–H groups in total. The fourth-order valence-electron chi connectivity index (χ4n) is 4.11. The van der Waals surface area contributed by atoms with Crippen molar-refractivity contribution in [3.8, 4) is 0 Å². The van der Waals surface area contributed by atoms with Crippen LogP contribution in [0.2, 0.25) is 0 Å². The van der Waals surface area contributed by atoms with E-state index in [-0.39, 0.29) is 5.25 Å². The molecule has 2 aliphatic heterocycles. The Morgan fingerprint density at radius 2 is 1.42 bits per heavy atom. The highest BCUT2D eigenvalue weighted by molar-refractivity contribution is 7.99. The SMILES string of the molecule is ClC1(Cl)N2c3ccccc3S[C@H](c3ccccc3)C[C@]21c1ccccc1. The molecule has 2 atom stereocenters. The molecule has 130 valence electrons. The van der Waals surface area contributed by atoms with Crippen LogP contribution in [-0.4, -0.2) is 4.46 Å². The van der Waals surface area contributed by atoms with E-state index in [0.29, 0.717) is 0 Å². The van der Waals surface area contributed by atoms with Crippen molar-refractivity contribution in [3.63, 3.8) is 0 Å². The lowest BCUT2D eigenvalue weighted by atomic mass is 9.91. The number of alkyl halides is 2. The van der Waals surface area contributed by atoms with Crippen LogP contribution in [0, 0.1) is 0 Å². The third-order valence-corrected chi connectivity index (χ3v) is 7.67. The monoisotopic (exact) mass is 397 g/mol. The second-order valence-corrected chi connectivity index (χ2v) is 9.32. The summed E-state index contributed by atoms with van der Waals surface area (Å²) in [6.45, 7) is 0. The van der Waals surface area contributed by atoms with Crippen molar-refractivity contribution in [2.24, 2.45) is 0 Å². The number of hydrogen-bond donors (Lipinski definition) is 0. The van der Waals surface area contributed by atoms with E-state index in [9.17, 15) is 0 Å². The maximum Gasteiger partial charge on any atom is 0.219 e. The van der Waals surface area contributed by atoms with Gasteiger partial charge in [-0.15, -0.1) is 11.8 Å². The number of thioether (sulfide) groups is 1. The summed E-state index contributed by atoms with van der Waals surface area (Å²) >= 11 is 15.8. The molecule has 5 rings (SSSR count). The van der Waals surface area contributed by atoms with Crippen molar-refractivity contribution in [1.82, 2.24) is 0 Å². The number of hydrogen-bond acceptors (Lipinski definition) is 2. The number of rotatable bonds is 2. The van der Waals surface area contributed by atoms with Gasteiger partial charge in [0.25, 0.3) is 0 Å². The van der Waals surface area contributed by atoms with Crippen molar-refractivity contribution in [2.45, 2.75) is 26.6 Å². The van der Waals surface area contributed by atoms with Crippen LogP contribution in [-0.2, 0) is 5.54 Å². The number of nitrogens with zero attached hydrogens (tertiary/aromatic N) is 1. The molecule has 0 unspecified atom stereocenters. The Kier molecular flexibility index (Phi) is 3.79. The van der Waals surface area contributed by atoms with Crippen LogP contribution >= 0.6 is 35.0 Å². The largest absolute Gasteiger partial charge is 0.322 e. The topological polar surface area (TPSA) is 3.01 Å². The lowest BCUT2D eigenvalue weighted by Crippen LogP contribution is -2.19. The number of fused-ring (bicyclic) bond motifs is 3. The molecule has 1 fully saturated rings. The van der Waals surface area contributed by atoms with Gasteiger partial charge < -0.3 is 4.90 Å². The van der Waals surface area contributed by atoms with Gasteiger partial charge in [0.2, 0.25) is 4.46 Å². The first-order chi connectivity index (χ1) is 12.6. The van der Waals surface area contributed by atoms with E-state index >= 15 is 0 Å². The Morgan fingerprint density at radius 3 is 2.15 bits per heavy atom. The van der Waals surface area contributed by atoms with Crippen molar-refractivity contribution in [2.75, 3.05) is 4.90 Å². The van der Waals surface area contributed by atoms with Gasteiger partial charge in [-0.3, -0.25) is 0 Å². The highest BCUT2D eigenvalue weighted by Gasteiger charge is 2.76. The average Bonchev–Trinajstić information content (AvgIpc) is 3.24. The quantitative estimate of drug-likeness (QED) is 0.266. The maximum atomic E-state index is 6.94. The minimum Gasteiger partial charge on any atom is -0.322 e. The second kappa shape index (κ2) is 5.95. The van der Waals surface area contributed by atoms with Gasteiger partial charge in [0.15, 0.2) is 0 Å². The van der Waals surface area contributed by atoms with E-state index in [0.717, 1.165) is 12.1 Å². The second-order valence-electron chi connectivity index (χ2n) is 6.79. The molecular formula is C22H17Cl2NS. The van der Waals surface area contributed by atoms with E-state index < -0.39 is 10.00 Å². The molecule has 0 amide bonds. The van der Waals surface area contributed by atoms with Crippen molar-refractivity contribution >= 4 is 40.7 Å². The molecule has 1 saturated heterocycles. The molecule has 0 bridgehead atoms. The molecule has 0 radical (unpaired) electrons. The smallest absolute Gasteiger partial charge is 0.219 e. The molecule has 2 aliphatic rings. The predicted molar refractivity (Wildman–Crippen MR) is 111 cm³/mol. The Morgan fingerprint density at radius 1 is 0.808 bits per heavy atom. The number of para-hydroxylation sites is 1. The molecule has 3 aromatic carbocycles. The Labute approximate surface area is 167 Å². The van der Waals surface area contributed by atoms with Crippen LogP contribution in [0.5, 0.6) is 0 Å². The number of halogens is 2. The van der Waals surface area contributed by atoms with Crippen LogP contribution in [0.1, 0.15) is 22.8 Å². The summed E-state index contributed by atoms with van der Waals surface area (Å²) < 4.78 is -0.946. The average molecular weight is 398 g/mol. The third-order valence-electron chi connectivity index (χ3n) is 5.39. The molecule has 4 heteroatoms. The number of benzene rings is 3. The summed E-state index contributed by atoms with van der Waals surface area (Å²) in [5, 5.41) is 0.280. The van der Waals surface area contributed by atoms with E-state index in [1.54, 1.807) is 0 Å². The van der Waals surface area contributed by atoms with Crippen molar-refractivity contribution in [1.29, 1.82) is 0 Å². The Bertz CT molecular complexity index is 945. The standard InChI is InChI=1S/C22H17Cl2NS/c23-22(24)21(17-11-5-2-6-12-17)15-20(16-9-3-1-4-10-16)26-19-14-8-7-13-18(19)25(21)22/h1-14,20H,15H2/t20-,21+,25?/m0/s1. The highest BCUT2D eigenvalue weighted by Crippen LogP contribution is 2.72. The number of anilines is 1. The van der Waals surface area contributed by atoms with E-state index in [2.05, 4.69) is 83.8 Å². The summed E-state index contributed by atoms with van der Waals surface area (Å²) in [5.41, 5.74) is 3.17. The molecule has 3 aromatic rings. The molecule has 0 aliphatic carbocycles. The van der Waals surface area contributed by atoms with Crippen LogP contribution < -0.4 is 4.90 Å². The first-order valence-electron chi connectivity index (χ1n) is 8.69. The zero-order chi connectivity index (χ0) is 17.8. The predicted octanol–water partition coefficient (Wildman–Crippen LogP) is 6.77. The van der Waals surface area contributed by atoms with Crippen LogP contribution in [0.15, 0.2) is 89.8 Å². The van der Waals surface area contributed by atoms with Crippen LogP contribution in [0.3, 0.4) is 0 Å².